The van der Waals surface area contributed by atoms with Gasteiger partial charge in [0.25, 0.3) is 0 Å². The first-order valence-electron chi connectivity index (χ1n) is 15.8. The molecule has 0 saturated carbocycles. The fourth-order valence-electron chi connectivity index (χ4n) is 6.31. The standard InChI is InChI=1S/C36H40ClN9/c1-23(25-10-7-6-8-11-25)41-33-26(20-38)21-40-34-30(33)18-27(19-31(34)37)42-35(29-12-9-15-39-24(29)2)32-22-46(44-43-32)28-13-16-45(17-14-28)36(3,4)5/h6-12,15,18-19,21-23,28,35,42H,13-14,16-17H2,1-5H3,(H,40,41). The predicted octanol–water partition coefficient (Wildman–Crippen LogP) is 7.86. The summed E-state index contributed by atoms with van der Waals surface area (Å²) in [6, 6.07) is 20.2. The van der Waals surface area contributed by atoms with Crippen LogP contribution in [0.2, 0.25) is 5.02 Å². The number of halogens is 1. The van der Waals surface area contributed by atoms with E-state index >= 15 is 0 Å². The topological polar surface area (TPSA) is 108 Å². The number of nitriles is 1. The van der Waals surface area contributed by atoms with Crippen LogP contribution < -0.4 is 10.6 Å². The van der Waals surface area contributed by atoms with E-state index in [0.717, 1.165) is 59.5 Å². The van der Waals surface area contributed by atoms with Gasteiger partial charge < -0.3 is 10.6 Å². The highest BCUT2D eigenvalue weighted by atomic mass is 35.5. The molecular weight excluding hydrogens is 594 g/mol. The number of rotatable bonds is 8. The van der Waals surface area contributed by atoms with Crippen LogP contribution in [0.25, 0.3) is 10.9 Å². The van der Waals surface area contributed by atoms with Crippen molar-refractivity contribution in [3.05, 3.63) is 106 Å². The maximum atomic E-state index is 10.0. The van der Waals surface area contributed by atoms with E-state index in [4.69, 9.17) is 11.6 Å². The van der Waals surface area contributed by atoms with Crippen molar-refractivity contribution in [2.24, 2.45) is 0 Å². The monoisotopic (exact) mass is 633 g/mol. The summed E-state index contributed by atoms with van der Waals surface area (Å²) in [4.78, 5) is 11.7. The zero-order valence-electron chi connectivity index (χ0n) is 27.0. The Morgan fingerprint density at radius 1 is 1.02 bits per heavy atom. The lowest BCUT2D eigenvalue weighted by Crippen LogP contribution is -2.46. The van der Waals surface area contributed by atoms with E-state index in [1.807, 2.05) is 48.0 Å². The number of nitrogens with zero attached hydrogens (tertiary/aromatic N) is 7. The molecule has 0 bridgehead atoms. The van der Waals surface area contributed by atoms with Gasteiger partial charge in [-0.3, -0.25) is 14.9 Å². The molecule has 0 amide bonds. The van der Waals surface area contributed by atoms with Crippen LogP contribution >= 0.6 is 11.6 Å². The molecule has 2 atom stereocenters. The Morgan fingerprint density at radius 2 is 1.78 bits per heavy atom. The van der Waals surface area contributed by atoms with Crippen molar-refractivity contribution < 1.29 is 0 Å². The average molecular weight is 634 g/mol. The van der Waals surface area contributed by atoms with Gasteiger partial charge >= 0.3 is 0 Å². The van der Waals surface area contributed by atoms with E-state index in [9.17, 15) is 5.26 Å². The fraction of sp³-hybridized carbons (Fsp3) is 0.361. The van der Waals surface area contributed by atoms with Crippen molar-refractivity contribution in [3.8, 4) is 6.07 Å². The summed E-state index contributed by atoms with van der Waals surface area (Å²) in [5.74, 6) is 0. The van der Waals surface area contributed by atoms with E-state index < -0.39 is 0 Å². The molecule has 2 unspecified atom stereocenters. The van der Waals surface area contributed by atoms with Gasteiger partial charge in [0.2, 0.25) is 0 Å². The van der Waals surface area contributed by atoms with Gasteiger partial charge in [0.05, 0.1) is 40.1 Å². The highest BCUT2D eigenvalue weighted by molar-refractivity contribution is 6.35. The number of piperidine rings is 1. The van der Waals surface area contributed by atoms with Gasteiger partial charge in [-0.05, 0) is 71.2 Å². The number of hydrogen-bond donors (Lipinski definition) is 2. The van der Waals surface area contributed by atoms with Gasteiger partial charge in [-0.15, -0.1) is 5.10 Å². The smallest absolute Gasteiger partial charge is 0.110 e. The third kappa shape index (κ3) is 6.55. The molecule has 0 aliphatic carbocycles. The molecular formula is C36H40ClN9. The Hall–Kier alpha value is -4.52. The van der Waals surface area contributed by atoms with Crippen molar-refractivity contribution in [2.45, 2.75) is 71.1 Å². The minimum absolute atomic E-state index is 0.0506. The summed E-state index contributed by atoms with van der Waals surface area (Å²) in [6.45, 7) is 12.9. The van der Waals surface area contributed by atoms with Crippen molar-refractivity contribution in [2.75, 3.05) is 23.7 Å². The zero-order valence-corrected chi connectivity index (χ0v) is 27.8. The number of hydrogen-bond acceptors (Lipinski definition) is 8. The van der Waals surface area contributed by atoms with E-state index in [0.29, 0.717) is 27.8 Å². The number of fused-ring (bicyclic) bond motifs is 1. The number of benzene rings is 2. The summed E-state index contributed by atoms with van der Waals surface area (Å²) < 4.78 is 2.03. The molecule has 3 aromatic heterocycles. The first kappa shape index (κ1) is 31.5. The fourth-order valence-corrected chi connectivity index (χ4v) is 6.57. The quantitative estimate of drug-likeness (QED) is 0.178. The second-order valence-corrected chi connectivity index (χ2v) is 13.5. The maximum absolute atomic E-state index is 10.0. The number of aromatic nitrogens is 5. The predicted molar refractivity (Wildman–Crippen MR) is 184 cm³/mol. The number of nitrogens with one attached hydrogen (secondary N) is 2. The first-order chi connectivity index (χ1) is 22.1. The van der Waals surface area contributed by atoms with Crippen LogP contribution in [0.3, 0.4) is 0 Å². The Bertz CT molecular complexity index is 1860. The van der Waals surface area contributed by atoms with Gasteiger partial charge in [-0.25, -0.2) is 4.68 Å². The van der Waals surface area contributed by atoms with Gasteiger partial charge in [-0.2, -0.15) is 5.26 Å². The molecule has 5 aromatic rings. The second-order valence-electron chi connectivity index (χ2n) is 13.1. The normalized spacial score (nSPS) is 15.8. The van der Waals surface area contributed by atoms with Crippen LogP contribution in [0, 0.1) is 18.3 Å². The van der Waals surface area contributed by atoms with Gasteiger partial charge in [0.15, 0.2) is 0 Å². The Morgan fingerprint density at radius 3 is 2.48 bits per heavy atom. The van der Waals surface area contributed by atoms with Crippen molar-refractivity contribution in [1.29, 1.82) is 5.26 Å². The second kappa shape index (κ2) is 13.1. The van der Waals surface area contributed by atoms with E-state index in [1.165, 1.54) is 0 Å². The zero-order chi connectivity index (χ0) is 32.4. The molecule has 6 rings (SSSR count). The molecule has 0 radical (unpaired) electrons. The molecule has 4 heterocycles. The number of pyridine rings is 2. The molecule has 1 aliphatic rings. The summed E-state index contributed by atoms with van der Waals surface area (Å²) in [6.07, 6.45) is 7.48. The van der Waals surface area contributed by atoms with E-state index in [2.05, 4.69) is 94.0 Å². The van der Waals surface area contributed by atoms with Gasteiger partial charge in [-0.1, -0.05) is 53.2 Å². The summed E-state index contributed by atoms with van der Waals surface area (Å²) in [7, 11) is 0. The minimum atomic E-state index is -0.336. The Kier molecular flexibility index (Phi) is 8.94. The number of aryl methyl sites for hydroxylation is 1. The molecule has 1 fully saturated rings. The number of likely N-dealkylation sites (tertiary alicyclic amines) is 1. The number of anilines is 2. The summed E-state index contributed by atoms with van der Waals surface area (Å²) >= 11 is 6.88. The van der Waals surface area contributed by atoms with E-state index in [1.54, 1.807) is 12.4 Å². The largest absolute Gasteiger partial charge is 0.377 e. The third-order valence-electron chi connectivity index (χ3n) is 8.99. The molecule has 2 N–H and O–H groups in total. The van der Waals surface area contributed by atoms with Crippen LogP contribution in [0.4, 0.5) is 11.4 Å². The average Bonchev–Trinajstić information content (AvgIpc) is 3.55. The van der Waals surface area contributed by atoms with Crippen LogP contribution in [0.5, 0.6) is 0 Å². The first-order valence-corrected chi connectivity index (χ1v) is 16.2. The molecule has 9 nitrogen and oxygen atoms in total. The molecule has 0 spiro atoms. The van der Waals surface area contributed by atoms with Gasteiger partial charge in [0, 0.05) is 59.4 Å². The third-order valence-corrected chi connectivity index (χ3v) is 9.27. The van der Waals surface area contributed by atoms with Crippen molar-refractivity contribution >= 4 is 33.9 Å². The lowest BCUT2D eigenvalue weighted by Gasteiger charge is -2.40. The van der Waals surface area contributed by atoms with Crippen molar-refractivity contribution in [3.63, 3.8) is 0 Å². The Balaban J connectivity index is 1.35. The van der Waals surface area contributed by atoms with E-state index in [-0.39, 0.29) is 17.6 Å². The Labute approximate surface area is 275 Å². The molecule has 10 heteroatoms. The highest BCUT2D eigenvalue weighted by Gasteiger charge is 2.29. The molecule has 1 aliphatic heterocycles. The van der Waals surface area contributed by atoms with Crippen molar-refractivity contribution in [1.82, 2.24) is 29.9 Å². The molecule has 2 aromatic carbocycles. The molecule has 236 valence electrons. The molecule has 1 saturated heterocycles. The highest BCUT2D eigenvalue weighted by Crippen LogP contribution is 2.37. The molecule has 46 heavy (non-hydrogen) atoms. The lowest BCUT2D eigenvalue weighted by molar-refractivity contribution is 0.0866. The summed E-state index contributed by atoms with van der Waals surface area (Å²) in [5.41, 5.74) is 6.48. The SMILES string of the molecule is Cc1ncccc1C(Nc1cc(Cl)c2ncc(C#N)c(NC(C)c3ccccc3)c2c1)c1cn(C2CCN(C(C)(C)C)CC2)nn1. The lowest BCUT2D eigenvalue weighted by atomic mass is 9.98. The van der Waals surface area contributed by atoms with Crippen LogP contribution in [0.15, 0.2) is 73.2 Å². The van der Waals surface area contributed by atoms with Gasteiger partial charge in [0.1, 0.15) is 11.8 Å². The van der Waals surface area contributed by atoms with Crippen LogP contribution in [-0.4, -0.2) is 48.5 Å². The van der Waals surface area contributed by atoms with Crippen LogP contribution in [-0.2, 0) is 0 Å². The minimum Gasteiger partial charge on any atom is -0.377 e. The summed E-state index contributed by atoms with van der Waals surface area (Å²) in [5, 5.41) is 27.8. The van der Waals surface area contributed by atoms with Crippen LogP contribution in [0.1, 0.15) is 86.7 Å². The maximum Gasteiger partial charge on any atom is 0.110 e.